The van der Waals surface area contributed by atoms with Crippen LogP contribution in [0.25, 0.3) is 5.65 Å². The van der Waals surface area contributed by atoms with Crippen molar-refractivity contribution in [3.8, 4) is 0 Å². The normalized spacial score (nSPS) is 16.0. The third kappa shape index (κ3) is 3.06. The number of nitrogen functional groups attached to an aromatic ring is 1. The minimum absolute atomic E-state index is 0.196. The molecule has 2 N–H and O–H groups in total. The second kappa shape index (κ2) is 6.36. The first-order valence-electron chi connectivity index (χ1n) is 7.72. The lowest BCUT2D eigenvalue weighted by molar-refractivity contribution is -0.139. The molecule has 0 radical (unpaired) electrons. The maximum Gasteiger partial charge on any atom is 0.311 e. The molecule has 0 aromatic carbocycles. The Labute approximate surface area is 129 Å². The summed E-state index contributed by atoms with van der Waals surface area (Å²) in [6.45, 7) is 2.97. The molecule has 3 rings (SSSR count). The van der Waals surface area contributed by atoms with Crippen LogP contribution < -0.4 is 5.73 Å². The zero-order valence-electron chi connectivity index (χ0n) is 12.9. The molecule has 0 aliphatic carbocycles. The Bertz CT molecular complexity index is 674. The lowest BCUT2D eigenvalue weighted by Gasteiger charge is -2.26. The number of imidazole rings is 1. The van der Waals surface area contributed by atoms with Crippen molar-refractivity contribution < 1.29 is 9.53 Å². The number of piperidine rings is 1. The van der Waals surface area contributed by atoms with Gasteiger partial charge in [-0.2, -0.15) is 0 Å². The van der Waals surface area contributed by atoms with Crippen LogP contribution in [0.15, 0.2) is 18.3 Å². The van der Waals surface area contributed by atoms with E-state index in [9.17, 15) is 4.79 Å². The van der Waals surface area contributed by atoms with Gasteiger partial charge in [-0.05, 0) is 38.1 Å². The van der Waals surface area contributed by atoms with Gasteiger partial charge in [0.05, 0.1) is 24.9 Å². The van der Waals surface area contributed by atoms with Gasteiger partial charge in [-0.15, -0.1) is 0 Å². The van der Waals surface area contributed by atoms with Crippen LogP contribution in [0.4, 0.5) is 5.69 Å². The number of carbonyl (C=O) groups excluding carboxylic acids is 1. The molecular weight excluding hydrogens is 280 g/mol. The summed E-state index contributed by atoms with van der Waals surface area (Å²) in [5, 5.41) is 0. The van der Waals surface area contributed by atoms with E-state index in [-0.39, 0.29) is 12.4 Å². The third-order valence-electron chi connectivity index (χ3n) is 4.18. The molecule has 0 amide bonds. The summed E-state index contributed by atoms with van der Waals surface area (Å²) < 4.78 is 6.79. The Morgan fingerprint density at radius 2 is 2.09 bits per heavy atom. The first kappa shape index (κ1) is 14.8. The largest absolute Gasteiger partial charge is 0.469 e. The summed E-state index contributed by atoms with van der Waals surface area (Å²) in [6, 6.07) is 3.71. The Balaban J connectivity index is 1.96. The Kier molecular flexibility index (Phi) is 4.29. The number of anilines is 1. The number of likely N-dealkylation sites (tertiary alicyclic amines) is 1. The number of nitrogens with zero attached hydrogens (tertiary/aromatic N) is 3. The van der Waals surface area contributed by atoms with Crippen molar-refractivity contribution in [2.24, 2.45) is 0 Å². The van der Waals surface area contributed by atoms with Gasteiger partial charge in [-0.1, -0.05) is 6.42 Å². The van der Waals surface area contributed by atoms with Crippen molar-refractivity contribution in [3.05, 3.63) is 29.7 Å². The standard InChI is InChI=1S/C16H22N4O2/c1-22-16(21)9-13-14(11-19-7-3-2-4-8-19)20-10-12(17)5-6-15(20)18-13/h5-6,10H,2-4,7-9,11,17H2,1H3. The summed E-state index contributed by atoms with van der Waals surface area (Å²) >= 11 is 0. The number of hydrogen-bond donors (Lipinski definition) is 1. The van der Waals surface area contributed by atoms with Gasteiger partial charge in [0, 0.05) is 18.4 Å². The fourth-order valence-corrected chi connectivity index (χ4v) is 3.01. The lowest BCUT2D eigenvalue weighted by atomic mass is 10.1. The molecule has 2 aromatic heterocycles. The van der Waals surface area contributed by atoms with Crippen molar-refractivity contribution in [2.75, 3.05) is 25.9 Å². The van der Waals surface area contributed by atoms with Gasteiger partial charge in [0.25, 0.3) is 0 Å². The lowest BCUT2D eigenvalue weighted by Crippen LogP contribution is -2.30. The van der Waals surface area contributed by atoms with Gasteiger partial charge in [-0.3, -0.25) is 9.69 Å². The number of rotatable bonds is 4. The molecule has 0 unspecified atom stereocenters. The van der Waals surface area contributed by atoms with Crippen molar-refractivity contribution in [3.63, 3.8) is 0 Å². The topological polar surface area (TPSA) is 72.9 Å². The van der Waals surface area contributed by atoms with Crippen molar-refractivity contribution in [1.82, 2.24) is 14.3 Å². The molecule has 0 atom stereocenters. The highest BCUT2D eigenvalue weighted by Crippen LogP contribution is 2.20. The average molecular weight is 302 g/mol. The minimum Gasteiger partial charge on any atom is -0.469 e. The van der Waals surface area contributed by atoms with Crippen LogP contribution in [-0.2, 0) is 22.5 Å². The van der Waals surface area contributed by atoms with E-state index in [2.05, 4.69) is 9.88 Å². The predicted octanol–water partition coefficient (Wildman–Crippen LogP) is 1.62. The monoisotopic (exact) mass is 302 g/mol. The third-order valence-corrected chi connectivity index (χ3v) is 4.18. The van der Waals surface area contributed by atoms with Crippen molar-refractivity contribution >= 4 is 17.3 Å². The molecule has 3 heterocycles. The van der Waals surface area contributed by atoms with E-state index < -0.39 is 0 Å². The molecule has 118 valence electrons. The number of esters is 1. The summed E-state index contributed by atoms with van der Waals surface area (Å²) in [4.78, 5) is 18.7. The average Bonchev–Trinajstić information content (AvgIpc) is 2.85. The molecule has 0 saturated carbocycles. The minimum atomic E-state index is -0.267. The zero-order chi connectivity index (χ0) is 15.5. The molecule has 2 aromatic rings. The van der Waals surface area contributed by atoms with Crippen LogP contribution in [-0.4, -0.2) is 40.5 Å². The second-order valence-corrected chi connectivity index (χ2v) is 5.79. The number of pyridine rings is 1. The fraction of sp³-hybridized carbons (Fsp3) is 0.500. The van der Waals surface area contributed by atoms with Gasteiger partial charge >= 0.3 is 5.97 Å². The summed E-state index contributed by atoms with van der Waals surface area (Å²) in [6.07, 6.45) is 5.83. The van der Waals surface area contributed by atoms with E-state index in [4.69, 9.17) is 10.5 Å². The van der Waals surface area contributed by atoms with Crippen LogP contribution in [0.5, 0.6) is 0 Å². The maximum atomic E-state index is 11.7. The van der Waals surface area contributed by atoms with E-state index >= 15 is 0 Å². The van der Waals surface area contributed by atoms with E-state index in [0.717, 1.165) is 36.7 Å². The zero-order valence-corrected chi connectivity index (χ0v) is 12.9. The van der Waals surface area contributed by atoms with Gasteiger partial charge in [0.15, 0.2) is 0 Å². The fourth-order valence-electron chi connectivity index (χ4n) is 3.01. The SMILES string of the molecule is COC(=O)Cc1nc2ccc(N)cn2c1CN1CCCCC1. The molecule has 22 heavy (non-hydrogen) atoms. The molecule has 0 bridgehead atoms. The van der Waals surface area contributed by atoms with E-state index in [1.165, 1.54) is 26.4 Å². The van der Waals surface area contributed by atoms with Gasteiger partial charge in [0.1, 0.15) is 5.65 Å². The van der Waals surface area contributed by atoms with Crippen LogP contribution >= 0.6 is 0 Å². The number of nitrogens with two attached hydrogens (primary N) is 1. The van der Waals surface area contributed by atoms with Gasteiger partial charge in [-0.25, -0.2) is 4.98 Å². The molecule has 1 fully saturated rings. The van der Waals surface area contributed by atoms with Gasteiger partial charge < -0.3 is 14.9 Å². The molecule has 6 heteroatoms. The van der Waals surface area contributed by atoms with Crippen LogP contribution in [0, 0.1) is 0 Å². The van der Waals surface area contributed by atoms with Crippen LogP contribution in [0.3, 0.4) is 0 Å². The summed E-state index contributed by atoms with van der Waals surface area (Å²) in [5.41, 5.74) is 9.23. The Hall–Kier alpha value is -2.08. The first-order valence-corrected chi connectivity index (χ1v) is 7.72. The van der Waals surface area contributed by atoms with Crippen molar-refractivity contribution in [2.45, 2.75) is 32.2 Å². The molecule has 1 aliphatic heterocycles. The highest BCUT2D eigenvalue weighted by Gasteiger charge is 2.19. The summed E-state index contributed by atoms with van der Waals surface area (Å²) in [7, 11) is 1.40. The highest BCUT2D eigenvalue weighted by atomic mass is 16.5. The van der Waals surface area contributed by atoms with Crippen LogP contribution in [0.2, 0.25) is 0 Å². The number of carbonyl (C=O) groups is 1. The molecule has 1 saturated heterocycles. The van der Waals surface area contributed by atoms with E-state index in [1.54, 1.807) is 0 Å². The van der Waals surface area contributed by atoms with Crippen LogP contribution in [0.1, 0.15) is 30.7 Å². The smallest absolute Gasteiger partial charge is 0.311 e. The Morgan fingerprint density at radius 3 is 2.82 bits per heavy atom. The second-order valence-electron chi connectivity index (χ2n) is 5.79. The number of aromatic nitrogens is 2. The molecule has 0 spiro atoms. The predicted molar refractivity (Wildman–Crippen MR) is 84.5 cm³/mol. The molecular formula is C16H22N4O2. The number of fused-ring (bicyclic) bond motifs is 1. The Morgan fingerprint density at radius 1 is 1.32 bits per heavy atom. The number of ether oxygens (including phenoxy) is 1. The van der Waals surface area contributed by atoms with E-state index in [1.807, 2.05) is 22.7 Å². The first-order chi connectivity index (χ1) is 10.7. The maximum absolute atomic E-state index is 11.7. The quantitative estimate of drug-likeness (QED) is 0.869. The summed E-state index contributed by atoms with van der Waals surface area (Å²) in [5.74, 6) is -0.267. The number of methoxy groups -OCH3 is 1. The molecule has 6 nitrogen and oxygen atoms in total. The van der Waals surface area contributed by atoms with Gasteiger partial charge in [0.2, 0.25) is 0 Å². The number of hydrogen-bond acceptors (Lipinski definition) is 5. The highest BCUT2D eigenvalue weighted by molar-refractivity contribution is 5.72. The molecule has 1 aliphatic rings. The van der Waals surface area contributed by atoms with Crippen molar-refractivity contribution in [1.29, 1.82) is 0 Å². The van der Waals surface area contributed by atoms with E-state index in [0.29, 0.717) is 5.69 Å².